The van der Waals surface area contributed by atoms with Gasteiger partial charge < -0.3 is 19.9 Å². The largest absolute Gasteiger partial charge is 0.377 e. The molecule has 0 radical (unpaired) electrons. The van der Waals surface area contributed by atoms with Gasteiger partial charge in [0.15, 0.2) is 0 Å². The van der Waals surface area contributed by atoms with E-state index in [0.29, 0.717) is 30.0 Å². The molecule has 2 aliphatic rings. The lowest BCUT2D eigenvalue weighted by Crippen LogP contribution is -2.44. The van der Waals surface area contributed by atoms with Crippen molar-refractivity contribution in [2.24, 2.45) is 0 Å². The Morgan fingerprint density at radius 2 is 1.91 bits per heavy atom. The van der Waals surface area contributed by atoms with Gasteiger partial charge in [-0.15, -0.1) is 0 Å². The molecule has 2 N–H and O–H groups in total. The molecule has 4 aromatic rings. The number of piperazine rings is 1. The maximum atomic E-state index is 15.7. The molecular formula is C26H28FN7O. The Labute approximate surface area is 203 Å². The average Bonchev–Trinajstić information content (AvgIpc) is 3.43. The van der Waals surface area contributed by atoms with E-state index in [1.807, 2.05) is 30.3 Å². The first kappa shape index (κ1) is 21.9. The quantitative estimate of drug-likeness (QED) is 0.470. The van der Waals surface area contributed by atoms with Crippen molar-refractivity contribution >= 4 is 22.4 Å². The van der Waals surface area contributed by atoms with E-state index in [-0.39, 0.29) is 11.9 Å². The number of fused-ring (bicyclic) bond motifs is 1. The van der Waals surface area contributed by atoms with E-state index < -0.39 is 0 Å². The number of halogens is 1. The molecular weight excluding hydrogens is 445 g/mol. The lowest BCUT2D eigenvalue weighted by atomic mass is 9.99. The van der Waals surface area contributed by atoms with Gasteiger partial charge in [-0.1, -0.05) is 0 Å². The Balaban J connectivity index is 1.52. The van der Waals surface area contributed by atoms with Crippen molar-refractivity contribution in [2.75, 3.05) is 55.7 Å². The lowest BCUT2D eigenvalue weighted by Gasteiger charge is -2.34. The van der Waals surface area contributed by atoms with Crippen LogP contribution in [0.1, 0.15) is 6.92 Å². The first-order valence-corrected chi connectivity index (χ1v) is 12.1. The number of pyridine rings is 2. The van der Waals surface area contributed by atoms with Crippen LogP contribution in [0.5, 0.6) is 0 Å². The highest BCUT2D eigenvalue weighted by Crippen LogP contribution is 2.37. The predicted molar refractivity (Wildman–Crippen MR) is 135 cm³/mol. The van der Waals surface area contributed by atoms with Crippen molar-refractivity contribution in [3.8, 4) is 22.5 Å². The highest BCUT2D eigenvalue weighted by molar-refractivity contribution is 6.01. The minimum absolute atomic E-state index is 0.161. The normalized spacial score (nSPS) is 18.9. The third-order valence-electron chi connectivity index (χ3n) is 6.86. The van der Waals surface area contributed by atoms with Gasteiger partial charge in [0.05, 0.1) is 24.9 Å². The standard InChI is InChI=1S/C26H28FN7O/c1-17-16-35-13-12-34(17)24-15-21(19-3-2-18(14-22(19)27)33-10-8-28-9-11-33)20-4-6-29-26(25(20)31-24)23-5-7-30-32-23/h2-7,14-15,17,28H,8-13,16H2,1H3,(H,30,32)/t17-/m1/s1. The Kier molecular flexibility index (Phi) is 5.79. The topological polar surface area (TPSA) is 82.2 Å². The molecule has 2 saturated heterocycles. The molecule has 6 rings (SSSR count). The first-order chi connectivity index (χ1) is 17.2. The summed E-state index contributed by atoms with van der Waals surface area (Å²) in [6.07, 6.45) is 3.44. The third-order valence-corrected chi connectivity index (χ3v) is 6.86. The molecule has 1 aromatic carbocycles. The van der Waals surface area contributed by atoms with Crippen LogP contribution in [-0.2, 0) is 4.74 Å². The van der Waals surface area contributed by atoms with Gasteiger partial charge in [-0.3, -0.25) is 10.1 Å². The molecule has 3 aromatic heterocycles. The molecule has 180 valence electrons. The van der Waals surface area contributed by atoms with Crippen molar-refractivity contribution in [1.82, 2.24) is 25.5 Å². The Bertz CT molecular complexity index is 1340. The highest BCUT2D eigenvalue weighted by atomic mass is 19.1. The maximum Gasteiger partial charge on any atom is 0.133 e. The van der Waals surface area contributed by atoms with Crippen molar-refractivity contribution in [3.05, 3.63) is 54.6 Å². The van der Waals surface area contributed by atoms with Gasteiger partial charge in [0.1, 0.15) is 22.8 Å². The zero-order valence-electron chi connectivity index (χ0n) is 19.7. The zero-order valence-corrected chi connectivity index (χ0v) is 19.7. The minimum Gasteiger partial charge on any atom is -0.377 e. The van der Waals surface area contributed by atoms with Crippen LogP contribution in [0.15, 0.2) is 48.8 Å². The molecule has 5 heterocycles. The number of nitrogens with zero attached hydrogens (tertiary/aromatic N) is 5. The van der Waals surface area contributed by atoms with Gasteiger partial charge in [0.25, 0.3) is 0 Å². The van der Waals surface area contributed by atoms with Crippen LogP contribution in [0, 0.1) is 5.82 Å². The van der Waals surface area contributed by atoms with Crippen LogP contribution in [0.25, 0.3) is 33.4 Å². The molecule has 8 nitrogen and oxygen atoms in total. The number of nitrogens with one attached hydrogen (secondary N) is 2. The van der Waals surface area contributed by atoms with Crippen molar-refractivity contribution in [1.29, 1.82) is 0 Å². The van der Waals surface area contributed by atoms with E-state index in [4.69, 9.17) is 9.72 Å². The lowest BCUT2D eigenvalue weighted by molar-refractivity contribution is 0.0986. The van der Waals surface area contributed by atoms with Crippen LogP contribution in [0.3, 0.4) is 0 Å². The second-order valence-electron chi connectivity index (χ2n) is 9.07. The molecule has 0 aliphatic carbocycles. The van der Waals surface area contributed by atoms with Gasteiger partial charge in [-0.05, 0) is 48.9 Å². The fourth-order valence-corrected chi connectivity index (χ4v) is 5.00. The van der Waals surface area contributed by atoms with Crippen LogP contribution >= 0.6 is 0 Å². The molecule has 9 heteroatoms. The number of anilines is 2. The van der Waals surface area contributed by atoms with Crippen LogP contribution in [0.4, 0.5) is 15.9 Å². The van der Waals surface area contributed by atoms with E-state index in [1.54, 1.807) is 18.5 Å². The number of ether oxygens (including phenoxy) is 1. The Morgan fingerprint density at radius 3 is 2.69 bits per heavy atom. The van der Waals surface area contributed by atoms with E-state index in [2.05, 4.69) is 37.2 Å². The number of aromatic nitrogens is 4. The van der Waals surface area contributed by atoms with Gasteiger partial charge >= 0.3 is 0 Å². The fourth-order valence-electron chi connectivity index (χ4n) is 5.00. The third kappa shape index (κ3) is 4.11. The van der Waals surface area contributed by atoms with Crippen LogP contribution in [0.2, 0.25) is 0 Å². The molecule has 0 unspecified atom stereocenters. The summed E-state index contributed by atoms with van der Waals surface area (Å²) in [6.45, 7) is 7.66. The molecule has 2 fully saturated rings. The second kappa shape index (κ2) is 9.24. The van der Waals surface area contributed by atoms with E-state index in [9.17, 15) is 0 Å². The summed E-state index contributed by atoms with van der Waals surface area (Å²) in [5.74, 6) is 0.553. The molecule has 0 saturated carbocycles. The number of hydrogen-bond donors (Lipinski definition) is 2. The SMILES string of the molecule is C[C@@H]1COCCN1c1cc(-c2ccc(N3CCNCC3)cc2F)c2ccnc(-c3ccn[nH]3)c2n1. The molecule has 35 heavy (non-hydrogen) atoms. The summed E-state index contributed by atoms with van der Waals surface area (Å²) in [5.41, 5.74) is 4.45. The van der Waals surface area contributed by atoms with Gasteiger partial charge in [0.2, 0.25) is 0 Å². The molecule has 1 atom stereocenters. The summed E-state index contributed by atoms with van der Waals surface area (Å²) in [5, 5.41) is 11.3. The summed E-state index contributed by atoms with van der Waals surface area (Å²) in [6, 6.07) is 11.5. The fraction of sp³-hybridized carbons (Fsp3) is 0.346. The summed E-state index contributed by atoms with van der Waals surface area (Å²) < 4.78 is 21.4. The smallest absolute Gasteiger partial charge is 0.133 e. The van der Waals surface area contributed by atoms with Crippen LogP contribution < -0.4 is 15.1 Å². The molecule has 0 spiro atoms. The van der Waals surface area contributed by atoms with Gasteiger partial charge in [0, 0.05) is 61.8 Å². The predicted octanol–water partition coefficient (Wildman–Crippen LogP) is 3.46. The van der Waals surface area contributed by atoms with Gasteiger partial charge in [-0.25, -0.2) is 9.37 Å². The molecule has 0 amide bonds. The van der Waals surface area contributed by atoms with Crippen molar-refractivity contribution in [2.45, 2.75) is 13.0 Å². The first-order valence-electron chi connectivity index (χ1n) is 12.1. The average molecular weight is 474 g/mol. The van der Waals surface area contributed by atoms with Gasteiger partial charge in [-0.2, -0.15) is 5.10 Å². The maximum absolute atomic E-state index is 15.7. The highest BCUT2D eigenvalue weighted by Gasteiger charge is 2.24. The number of H-pyrrole nitrogens is 1. The van der Waals surface area contributed by atoms with Crippen LogP contribution in [-0.4, -0.2) is 72.1 Å². The monoisotopic (exact) mass is 473 g/mol. The second-order valence-corrected chi connectivity index (χ2v) is 9.07. The number of aromatic amines is 1. The number of morpholine rings is 1. The number of hydrogen-bond acceptors (Lipinski definition) is 7. The van der Waals surface area contributed by atoms with E-state index in [1.165, 1.54) is 0 Å². The Hall–Kier alpha value is -3.56. The summed E-state index contributed by atoms with van der Waals surface area (Å²) >= 11 is 0. The molecule has 2 aliphatic heterocycles. The van der Waals surface area contributed by atoms with E-state index in [0.717, 1.165) is 60.9 Å². The number of rotatable bonds is 4. The van der Waals surface area contributed by atoms with Crippen molar-refractivity contribution < 1.29 is 9.13 Å². The summed E-state index contributed by atoms with van der Waals surface area (Å²) in [4.78, 5) is 14.1. The Morgan fingerprint density at radius 1 is 1.03 bits per heavy atom. The number of benzene rings is 1. The molecule has 0 bridgehead atoms. The summed E-state index contributed by atoms with van der Waals surface area (Å²) in [7, 11) is 0. The minimum atomic E-state index is -0.241. The van der Waals surface area contributed by atoms with E-state index >= 15 is 4.39 Å². The van der Waals surface area contributed by atoms with Crippen molar-refractivity contribution in [3.63, 3.8) is 0 Å². The zero-order chi connectivity index (χ0) is 23.8.